The predicted molar refractivity (Wildman–Crippen MR) is 111 cm³/mol. The number of carbonyl (C=O) groups is 1. The second kappa shape index (κ2) is 8.55. The van der Waals surface area contributed by atoms with Gasteiger partial charge >= 0.3 is 0 Å². The second-order valence-electron chi connectivity index (χ2n) is 5.96. The molecule has 0 aliphatic rings. The van der Waals surface area contributed by atoms with Gasteiger partial charge in [0.2, 0.25) is 0 Å². The maximum Gasteiger partial charge on any atom is 0.272 e. The van der Waals surface area contributed by atoms with E-state index in [0.717, 1.165) is 4.31 Å². The molecule has 0 bridgehead atoms. The average molecular weight is 432 g/mol. The third kappa shape index (κ3) is 4.36. The summed E-state index contributed by atoms with van der Waals surface area (Å²) >= 11 is 5.88. The highest BCUT2D eigenvalue weighted by molar-refractivity contribution is 7.93. The average Bonchev–Trinajstić information content (AvgIpc) is 2.74. The van der Waals surface area contributed by atoms with Gasteiger partial charge in [0.25, 0.3) is 15.9 Å². The predicted octanol–water partition coefficient (Wildman–Crippen LogP) is 4.39. The number of rotatable bonds is 6. The highest BCUT2D eigenvalue weighted by Gasteiger charge is 2.32. The molecule has 0 fully saturated rings. The van der Waals surface area contributed by atoms with Crippen LogP contribution in [0.2, 0.25) is 5.02 Å². The molecular weight excluding hydrogens is 414 g/mol. The van der Waals surface area contributed by atoms with Gasteiger partial charge in [-0.05, 0) is 72.8 Å². The van der Waals surface area contributed by atoms with Crippen LogP contribution in [0.4, 0.5) is 5.69 Å². The van der Waals surface area contributed by atoms with Gasteiger partial charge in [-0.3, -0.25) is 4.79 Å². The number of halogens is 1. The molecule has 0 N–H and O–H groups in total. The van der Waals surface area contributed by atoms with E-state index < -0.39 is 15.9 Å². The first-order chi connectivity index (χ1) is 13.9. The fourth-order valence-electron chi connectivity index (χ4n) is 2.65. The molecule has 0 spiro atoms. The molecule has 8 heteroatoms. The molecule has 0 aliphatic heterocycles. The zero-order chi connectivity index (χ0) is 21.0. The number of amides is 1. The van der Waals surface area contributed by atoms with E-state index in [1.807, 2.05) is 0 Å². The second-order valence-corrected chi connectivity index (χ2v) is 8.18. The molecular formula is C21H18ClNO5S. The van der Waals surface area contributed by atoms with Gasteiger partial charge in [-0.2, -0.15) is 4.31 Å². The lowest BCUT2D eigenvalue weighted by atomic mass is 10.2. The van der Waals surface area contributed by atoms with Gasteiger partial charge in [0, 0.05) is 10.6 Å². The van der Waals surface area contributed by atoms with Crippen LogP contribution in [0.15, 0.2) is 77.7 Å². The summed E-state index contributed by atoms with van der Waals surface area (Å²) in [5.74, 6) is 0.389. The first-order valence-electron chi connectivity index (χ1n) is 8.50. The third-order valence-corrected chi connectivity index (χ3v) is 6.16. The van der Waals surface area contributed by atoms with Crippen LogP contribution in [-0.2, 0) is 10.0 Å². The molecule has 0 saturated heterocycles. The van der Waals surface area contributed by atoms with E-state index >= 15 is 0 Å². The van der Waals surface area contributed by atoms with Crippen LogP contribution < -0.4 is 13.8 Å². The fraction of sp³-hybridized carbons (Fsp3) is 0.0952. The molecule has 0 heterocycles. The third-order valence-electron chi connectivity index (χ3n) is 4.18. The Kier molecular flexibility index (Phi) is 6.10. The van der Waals surface area contributed by atoms with E-state index in [1.165, 1.54) is 62.8 Å². The quantitative estimate of drug-likeness (QED) is 0.578. The smallest absolute Gasteiger partial charge is 0.272 e. The molecule has 3 aromatic carbocycles. The number of benzene rings is 3. The minimum Gasteiger partial charge on any atom is -0.497 e. The molecule has 3 aromatic rings. The molecule has 6 nitrogen and oxygen atoms in total. The van der Waals surface area contributed by atoms with Gasteiger partial charge in [0.05, 0.1) is 24.8 Å². The SMILES string of the molecule is COc1ccc(C(=O)N(c2ccc(OC)cc2)S(=O)(=O)c2ccc(Cl)cc2)cc1. The van der Waals surface area contributed by atoms with Crippen LogP contribution in [0.1, 0.15) is 10.4 Å². The summed E-state index contributed by atoms with van der Waals surface area (Å²) in [6.07, 6.45) is 0. The Balaban J connectivity index is 2.11. The van der Waals surface area contributed by atoms with Gasteiger partial charge in [-0.25, -0.2) is 8.42 Å². The van der Waals surface area contributed by atoms with E-state index in [-0.39, 0.29) is 16.1 Å². The van der Waals surface area contributed by atoms with Crippen molar-refractivity contribution in [3.63, 3.8) is 0 Å². The van der Waals surface area contributed by atoms with E-state index in [1.54, 1.807) is 24.3 Å². The van der Waals surface area contributed by atoms with E-state index in [9.17, 15) is 13.2 Å². The van der Waals surface area contributed by atoms with Crippen molar-refractivity contribution in [1.29, 1.82) is 0 Å². The Morgan fingerprint density at radius 1 is 0.793 bits per heavy atom. The highest BCUT2D eigenvalue weighted by atomic mass is 35.5. The number of methoxy groups -OCH3 is 2. The normalized spacial score (nSPS) is 11.0. The van der Waals surface area contributed by atoms with Gasteiger partial charge in [-0.1, -0.05) is 11.6 Å². The summed E-state index contributed by atoms with van der Waals surface area (Å²) < 4.78 is 37.7. The van der Waals surface area contributed by atoms with Crippen molar-refractivity contribution in [2.45, 2.75) is 4.90 Å². The van der Waals surface area contributed by atoms with Crippen molar-refractivity contribution >= 4 is 33.2 Å². The largest absolute Gasteiger partial charge is 0.497 e. The molecule has 29 heavy (non-hydrogen) atoms. The van der Waals surface area contributed by atoms with Gasteiger partial charge < -0.3 is 9.47 Å². The van der Waals surface area contributed by atoms with Crippen LogP contribution in [0.5, 0.6) is 11.5 Å². The van der Waals surface area contributed by atoms with Crippen molar-refractivity contribution in [3.05, 3.63) is 83.4 Å². The van der Waals surface area contributed by atoms with Gasteiger partial charge in [-0.15, -0.1) is 0 Å². The van der Waals surface area contributed by atoms with E-state index in [2.05, 4.69) is 0 Å². The minimum atomic E-state index is -4.20. The number of ether oxygens (including phenoxy) is 2. The maximum atomic E-state index is 13.3. The molecule has 1 amide bonds. The Morgan fingerprint density at radius 3 is 1.76 bits per heavy atom. The summed E-state index contributed by atoms with van der Waals surface area (Å²) in [5.41, 5.74) is 0.376. The standard InChI is InChI=1S/C21H18ClNO5S/c1-27-18-9-3-15(4-10-18)21(24)23(17-7-11-19(28-2)12-8-17)29(25,26)20-13-5-16(22)6-14-20/h3-14H,1-2H3. The van der Waals surface area contributed by atoms with Crippen molar-refractivity contribution < 1.29 is 22.7 Å². The first kappa shape index (κ1) is 20.7. The summed E-state index contributed by atoms with van der Waals surface area (Å²) in [6.45, 7) is 0. The molecule has 0 aromatic heterocycles. The number of carbonyl (C=O) groups excluding carboxylic acids is 1. The Labute approximate surface area is 174 Å². The first-order valence-corrected chi connectivity index (χ1v) is 10.3. The number of anilines is 1. The summed E-state index contributed by atoms with van der Waals surface area (Å²) in [6, 6.07) is 18.0. The summed E-state index contributed by atoms with van der Waals surface area (Å²) in [5, 5.41) is 0.390. The zero-order valence-electron chi connectivity index (χ0n) is 15.7. The Hall–Kier alpha value is -3.03. The number of nitrogens with zero attached hydrogens (tertiary/aromatic N) is 1. The number of hydrogen-bond donors (Lipinski definition) is 0. The van der Waals surface area contributed by atoms with Crippen molar-refractivity contribution in [2.75, 3.05) is 18.5 Å². The maximum absolute atomic E-state index is 13.3. The molecule has 0 atom stereocenters. The number of sulfonamides is 1. The molecule has 3 rings (SSSR count). The topological polar surface area (TPSA) is 72.9 Å². The van der Waals surface area contributed by atoms with Crippen molar-refractivity contribution in [1.82, 2.24) is 0 Å². The van der Waals surface area contributed by atoms with Gasteiger partial charge in [0.1, 0.15) is 11.5 Å². The lowest BCUT2D eigenvalue weighted by Gasteiger charge is -2.23. The molecule has 0 aliphatic carbocycles. The molecule has 0 radical (unpaired) electrons. The van der Waals surface area contributed by atoms with E-state index in [4.69, 9.17) is 21.1 Å². The zero-order valence-corrected chi connectivity index (χ0v) is 17.3. The molecule has 150 valence electrons. The van der Waals surface area contributed by atoms with Crippen LogP contribution in [-0.4, -0.2) is 28.5 Å². The summed E-state index contributed by atoms with van der Waals surface area (Å²) in [4.78, 5) is 13.2. The highest BCUT2D eigenvalue weighted by Crippen LogP contribution is 2.29. The Morgan fingerprint density at radius 2 is 1.28 bits per heavy atom. The van der Waals surface area contributed by atoms with Crippen LogP contribution in [0.3, 0.4) is 0 Å². The van der Waals surface area contributed by atoms with Crippen LogP contribution in [0, 0.1) is 0 Å². The lowest BCUT2D eigenvalue weighted by Crippen LogP contribution is -2.37. The van der Waals surface area contributed by atoms with E-state index in [0.29, 0.717) is 16.5 Å². The monoisotopic (exact) mass is 431 g/mol. The fourth-order valence-corrected chi connectivity index (χ4v) is 4.19. The lowest BCUT2D eigenvalue weighted by molar-refractivity contribution is 0.101. The van der Waals surface area contributed by atoms with Crippen LogP contribution >= 0.6 is 11.6 Å². The molecule has 0 unspecified atom stereocenters. The molecule has 0 saturated carbocycles. The minimum absolute atomic E-state index is 0.0559. The Bertz CT molecular complexity index is 1100. The van der Waals surface area contributed by atoms with Crippen molar-refractivity contribution in [3.8, 4) is 11.5 Å². The van der Waals surface area contributed by atoms with Crippen LogP contribution in [0.25, 0.3) is 0 Å². The van der Waals surface area contributed by atoms with Gasteiger partial charge in [0.15, 0.2) is 0 Å². The summed E-state index contributed by atoms with van der Waals surface area (Å²) in [7, 11) is -1.20. The number of hydrogen-bond acceptors (Lipinski definition) is 5. The van der Waals surface area contributed by atoms with Crippen molar-refractivity contribution in [2.24, 2.45) is 0 Å².